The molecule has 1 aromatic heterocycles. The molecule has 1 aliphatic carbocycles. The van der Waals surface area contributed by atoms with Crippen LogP contribution in [0, 0.1) is 0 Å². The Hall–Kier alpha value is -0.910. The Kier molecular flexibility index (Phi) is 4.93. The summed E-state index contributed by atoms with van der Waals surface area (Å²) >= 11 is 1.76. The molecule has 0 aromatic carbocycles. The van der Waals surface area contributed by atoms with E-state index in [4.69, 9.17) is 4.74 Å². The minimum atomic E-state index is 0.243. The minimum Gasteiger partial charge on any atom is -0.377 e. The fourth-order valence-electron chi connectivity index (χ4n) is 2.85. The molecule has 0 radical (unpaired) electrons. The van der Waals surface area contributed by atoms with Gasteiger partial charge in [-0.25, -0.2) is 0 Å². The first-order chi connectivity index (χ1) is 10.2. The van der Waals surface area contributed by atoms with Crippen molar-refractivity contribution in [2.24, 2.45) is 0 Å². The second-order valence-electron chi connectivity index (χ2n) is 6.12. The Morgan fingerprint density at radius 3 is 2.90 bits per heavy atom. The molecule has 0 bridgehead atoms. The average molecular weight is 308 g/mol. The molecular weight excluding hydrogens is 284 g/mol. The summed E-state index contributed by atoms with van der Waals surface area (Å²) in [5, 5.41) is 2.09. The van der Waals surface area contributed by atoms with Gasteiger partial charge in [0, 0.05) is 37.7 Å². The Morgan fingerprint density at radius 2 is 2.29 bits per heavy atom. The molecule has 1 saturated heterocycles. The van der Waals surface area contributed by atoms with Crippen molar-refractivity contribution < 1.29 is 9.53 Å². The molecule has 116 valence electrons. The van der Waals surface area contributed by atoms with Crippen molar-refractivity contribution >= 4 is 17.2 Å². The van der Waals surface area contributed by atoms with Crippen molar-refractivity contribution in [3.63, 3.8) is 0 Å². The number of rotatable bonds is 7. The summed E-state index contributed by atoms with van der Waals surface area (Å²) in [5.74, 6) is 0.243. The Labute approximate surface area is 130 Å². The molecule has 0 unspecified atom stereocenters. The van der Waals surface area contributed by atoms with Gasteiger partial charge in [-0.3, -0.25) is 9.69 Å². The normalized spacial score (nSPS) is 21.9. The Balaban J connectivity index is 1.58. The van der Waals surface area contributed by atoms with E-state index in [-0.39, 0.29) is 5.91 Å². The number of thiophene rings is 1. The maximum atomic E-state index is 12.4. The highest BCUT2D eigenvalue weighted by molar-refractivity contribution is 7.09. The smallest absolute Gasteiger partial charge is 0.236 e. The second kappa shape index (κ2) is 6.90. The van der Waals surface area contributed by atoms with Crippen molar-refractivity contribution in [3.8, 4) is 0 Å². The zero-order chi connectivity index (χ0) is 14.7. The van der Waals surface area contributed by atoms with E-state index < -0.39 is 0 Å². The average Bonchev–Trinajstić information content (AvgIpc) is 2.95. The molecule has 2 heterocycles. The SMILES string of the molecule is CN(C(=O)CN(Cc1cccs1)C[C@H]1CCCO1)C1CC1. The van der Waals surface area contributed by atoms with Crippen LogP contribution >= 0.6 is 11.3 Å². The van der Waals surface area contributed by atoms with Gasteiger partial charge >= 0.3 is 0 Å². The predicted molar refractivity (Wildman–Crippen MR) is 84.4 cm³/mol. The van der Waals surface area contributed by atoms with E-state index in [1.807, 2.05) is 11.9 Å². The molecule has 2 aliphatic rings. The van der Waals surface area contributed by atoms with Gasteiger partial charge in [-0.05, 0) is 37.1 Å². The molecule has 1 saturated carbocycles. The molecule has 1 aromatic rings. The molecule has 5 heteroatoms. The second-order valence-corrected chi connectivity index (χ2v) is 7.15. The summed E-state index contributed by atoms with van der Waals surface area (Å²) in [4.78, 5) is 17.9. The van der Waals surface area contributed by atoms with Crippen LogP contribution < -0.4 is 0 Å². The zero-order valence-corrected chi connectivity index (χ0v) is 13.5. The van der Waals surface area contributed by atoms with Crippen LogP contribution in [0.1, 0.15) is 30.6 Å². The van der Waals surface area contributed by atoms with Crippen molar-refractivity contribution in [3.05, 3.63) is 22.4 Å². The van der Waals surface area contributed by atoms with Crippen molar-refractivity contribution in [1.82, 2.24) is 9.80 Å². The minimum absolute atomic E-state index is 0.243. The quantitative estimate of drug-likeness (QED) is 0.775. The van der Waals surface area contributed by atoms with Crippen molar-refractivity contribution in [2.45, 2.75) is 44.4 Å². The lowest BCUT2D eigenvalue weighted by Crippen LogP contribution is -2.41. The van der Waals surface area contributed by atoms with Gasteiger partial charge in [0.05, 0.1) is 12.6 Å². The van der Waals surface area contributed by atoms with Crippen LogP contribution in [0.15, 0.2) is 17.5 Å². The topological polar surface area (TPSA) is 32.8 Å². The van der Waals surface area contributed by atoms with Crippen molar-refractivity contribution in [2.75, 3.05) is 26.7 Å². The lowest BCUT2D eigenvalue weighted by molar-refractivity contribution is -0.132. The van der Waals surface area contributed by atoms with Gasteiger partial charge in [-0.2, -0.15) is 0 Å². The third-order valence-electron chi connectivity index (χ3n) is 4.29. The fourth-order valence-corrected chi connectivity index (χ4v) is 3.60. The van der Waals surface area contributed by atoms with E-state index in [2.05, 4.69) is 22.4 Å². The maximum Gasteiger partial charge on any atom is 0.236 e. The van der Waals surface area contributed by atoms with Gasteiger partial charge in [0.2, 0.25) is 5.91 Å². The number of amides is 1. The first kappa shape index (κ1) is 15.0. The molecule has 4 nitrogen and oxygen atoms in total. The van der Waals surface area contributed by atoms with Gasteiger partial charge in [0.1, 0.15) is 0 Å². The molecular formula is C16H24N2O2S. The lowest BCUT2D eigenvalue weighted by Gasteiger charge is -2.26. The molecule has 0 spiro atoms. The van der Waals surface area contributed by atoms with Crippen LogP contribution in [-0.4, -0.2) is 54.6 Å². The van der Waals surface area contributed by atoms with Crippen LogP contribution in [0.2, 0.25) is 0 Å². The first-order valence-corrected chi connectivity index (χ1v) is 8.72. The Bertz CT molecular complexity index is 453. The number of carbonyl (C=O) groups excluding carboxylic acids is 1. The number of ether oxygens (including phenoxy) is 1. The van der Waals surface area contributed by atoms with E-state index in [0.717, 1.165) is 32.5 Å². The molecule has 21 heavy (non-hydrogen) atoms. The lowest BCUT2D eigenvalue weighted by atomic mass is 10.2. The number of hydrogen-bond acceptors (Lipinski definition) is 4. The third kappa shape index (κ3) is 4.28. The van der Waals surface area contributed by atoms with Crippen LogP contribution in [0.4, 0.5) is 0 Å². The number of carbonyl (C=O) groups is 1. The van der Waals surface area contributed by atoms with E-state index in [1.165, 1.54) is 17.7 Å². The van der Waals surface area contributed by atoms with Crippen LogP contribution in [0.5, 0.6) is 0 Å². The van der Waals surface area contributed by atoms with E-state index in [9.17, 15) is 4.79 Å². The summed E-state index contributed by atoms with van der Waals surface area (Å²) < 4.78 is 5.74. The number of likely N-dealkylation sites (N-methyl/N-ethyl adjacent to an activating group) is 1. The molecule has 1 amide bonds. The molecule has 2 fully saturated rings. The molecule has 1 atom stereocenters. The maximum absolute atomic E-state index is 12.4. The van der Waals surface area contributed by atoms with E-state index in [1.54, 1.807) is 11.3 Å². The first-order valence-electron chi connectivity index (χ1n) is 7.84. The van der Waals surface area contributed by atoms with Gasteiger partial charge < -0.3 is 9.64 Å². The number of nitrogens with zero attached hydrogens (tertiary/aromatic N) is 2. The number of hydrogen-bond donors (Lipinski definition) is 0. The van der Waals surface area contributed by atoms with Gasteiger partial charge in [-0.1, -0.05) is 6.07 Å². The summed E-state index contributed by atoms with van der Waals surface area (Å²) in [5.41, 5.74) is 0. The summed E-state index contributed by atoms with van der Waals surface area (Å²) in [6, 6.07) is 4.70. The monoisotopic (exact) mass is 308 g/mol. The highest BCUT2D eigenvalue weighted by atomic mass is 32.1. The zero-order valence-electron chi connectivity index (χ0n) is 12.7. The highest BCUT2D eigenvalue weighted by Crippen LogP contribution is 2.25. The van der Waals surface area contributed by atoms with Crippen LogP contribution in [-0.2, 0) is 16.1 Å². The largest absolute Gasteiger partial charge is 0.377 e. The summed E-state index contributed by atoms with van der Waals surface area (Å²) in [7, 11) is 1.94. The highest BCUT2D eigenvalue weighted by Gasteiger charge is 2.30. The van der Waals surface area contributed by atoms with E-state index >= 15 is 0 Å². The third-order valence-corrected chi connectivity index (χ3v) is 5.15. The van der Waals surface area contributed by atoms with Crippen molar-refractivity contribution in [1.29, 1.82) is 0 Å². The fraction of sp³-hybridized carbons (Fsp3) is 0.688. The van der Waals surface area contributed by atoms with Crippen LogP contribution in [0.25, 0.3) is 0 Å². The Morgan fingerprint density at radius 1 is 1.43 bits per heavy atom. The predicted octanol–water partition coefficient (Wildman–Crippen LogP) is 2.35. The standard InChI is InChI=1S/C16H24N2O2S/c1-17(13-6-7-13)16(19)12-18(10-14-4-2-8-20-14)11-15-5-3-9-21-15/h3,5,9,13-14H,2,4,6-8,10-12H2,1H3/t14-/m1/s1. The van der Waals surface area contributed by atoms with Crippen LogP contribution in [0.3, 0.4) is 0 Å². The molecule has 0 N–H and O–H groups in total. The van der Waals surface area contributed by atoms with E-state index in [0.29, 0.717) is 18.7 Å². The summed E-state index contributed by atoms with van der Waals surface area (Å²) in [6.07, 6.45) is 4.89. The molecule has 1 aliphatic heterocycles. The molecule has 3 rings (SSSR count). The van der Waals surface area contributed by atoms with Gasteiger partial charge in [-0.15, -0.1) is 11.3 Å². The van der Waals surface area contributed by atoms with Gasteiger partial charge in [0.25, 0.3) is 0 Å². The summed E-state index contributed by atoms with van der Waals surface area (Å²) in [6.45, 7) is 3.09. The van der Waals surface area contributed by atoms with Gasteiger partial charge in [0.15, 0.2) is 0 Å².